The number of fused-ring (bicyclic) bond motifs is 1. The highest BCUT2D eigenvalue weighted by Gasteiger charge is 2.12. The SMILES string of the molecule is COc1ccc(CSc2[nH]c3ccccc3c2Cc2ccccc2)cc1. The van der Waals surface area contributed by atoms with E-state index in [1.165, 1.54) is 32.6 Å². The Morgan fingerprint density at radius 1 is 0.808 bits per heavy atom. The van der Waals surface area contributed by atoms with Gasteiger partial charge in [-0.25, -0.2) is 0 Å². The maximum atomic E-state index is 5.24. The van der Waals surface area contributed by atoms with Crippen molar-refractivity contribution in [2.45, 2.75) is 17.2 Å². The number of rotatable bonds is 6. The Balaban J connectivity index is 1.61. The Labute approximate surface area is 158 Å². The number of aromatic nitrogens is 1. The average Bonchev–Trinajstić information content (AvgIpc) is 3.05. The predicted octanol–water partition coefficient (Wildman–Crippen LogP) is 6.06. The number of para-hydroxylation sites is 1. The molecule has 4 rings (SSSR count). The number of aromatic amines is 1. The maximum absolute atomic E-state index is 5.24. The summed E-state index contributed by atoms with van der Waals surface area (Å²) in [4.78, 5) is 3.62. The second-order valence-corrected chi connectivity index (χ2v) is 7.26. The van der Waals surface area contributed by atoms with Gasteiger partial charge < -0.3 is 9.72 Å². The molecule has 0 aliphatic rings. The fourth-order valence-corrected chi connectivity index (χ4v) is 4.19. The van der Waals surface area contributed by atoms with Gasteiger partial charge in [-0.1, -0.05) is 60.7 Å². The molecule has 1 aromatic heterocycles. The Morgan fingerprint density at radius 2 is 1.54 bits per heavy atom. The van der Waals surface area contributed by atoms with Crippen molar-refractivity contribution >= 4 is 22.7 Å². The van der Waals surface area contributed by atoms with Crippen LogP contribution in [0.1, 0.15) is 16.7 Å². The van der Waals surface area contributed by atoms with Crippen LogP contribution < -0.4 is 4.74 Å². The lowest BCUT2D eigenvalue weighted by Gasteiger charge is -2.06. The number of benzene rings is 3. The molecule has 1 heterocycles. The van der Waals surface area contributed by atoms with Crippen LogP contribution in [0.4, 0.5) is 0 Å². The molecule has 0 atom stereocenters. The second-order valence-electron chi connectivity index (χ2n) is 6.28. The number of hydrogen-bond acceptors (Lipinski definition) is 2. The van der Waals surface area contributed by atoms with Crippen LogP contribution in [-0.2, 0) is 12.2 Å². The van der Waals surface area contributed by atoms with Crippen LogP contribution in [0.5, 0.6) is 5.75 Å². The minimum atomic E-state index is 0.897. The van der Waals surface area contributed by atoms with E-state index in [0.29, 0.717) is 0 Å². The summed E-state index contributed by atoms with van der Waals surface area (Å²) in [6.07, 6.45) is 0.940. The standard InChI is InChI=1S/C23H21NOS/c1-25-19-13-11-18(12-14-19)16-26-23-21(15-17-7-3-2-4-8-17)20-9-5-6-10-22(20)24-23/h2-14,24H,15-16H2,1H3. The highest BCUT2D eigenvalue weighted by Crippen LogP contribution is 2.33. The molecule has 4 aromatic rings. The maximum Gasteiger partial charge on any atom is 0.118 e. The summed E-state index contributed by atoms with van der Waals surface area (Å²) in [5, 5.41) is 2.57. The quantitative estimate of drug-likeness (QED) is 0.423. The second kappa shape index (κ2) is 7.71. The van der Waals surface area contributed by atoms with Crippen LogP contribution in [0.15, 0.2) is 83.9 Å². The zero-order chi connectivity index (χ0) is 17.8. The van der Waals surface area contributed by atoms with E-state index in [4.69, 9.17) is 4.74 Å². The van der Waals surface area contributed by atoms with Crippen molar-refractivity contribution in [2.24, 2.45) is 0 Å². The van der Waals surface area contributed by atoms with Gasteiger partial charge >= 0.3 is 0 Å². The van der Waals surface area contributed by atoms with Gasteiger partial charge in [-0.05, 0) is 34.9 Å². The zero-order valence-corrected chi connectivity index (χ0v) is 15.6. The molecule has 0 aliphatic heterocycles. The first-order valence-electron chi connectivity index (χ1n) is 8.73. The molecule has 3 heteroatoms. The van der Waals surface area contributed by atoms with Gasteiger partial charge in [0.2, 0.25) is 0 Å². The number of thioether (sulfide) groups is 1. The van der Waals surface area contributed by atoms with Crippen molar-refractivity contribution in [2.75, 3.05) is 7.11 Å². The van der Waals surface area contributed by atoms with Crippen molar-refractivity contribution in [1.29, 1.82) is 0 Å². The molecule has 26 heavy (non-hydrogen) atoms. The lowest BCUT2D eigenvalue weighted by molar-refractivity contribution is 0.414. The van der Waals surface area contributed by atoms with Gasteiger partial charge in [0.25, 0.3) is 0 Å². The van der Waals surface area contributed by atoms with Crippen molar-refractivity contribution in [3.63, 3.8) is 0 Å². The largest absolute Gasteiger partial charge is 0.497 e. The monoisotopic (exact) mass is 359 g/mol. The lowest BCUT2D eigenvalue weighted by Crippen LogP contribution is -1.90. The van der Waals surface area contributed by atoms with Gasteiger partial charge in [0.15, 0.2) is 0 Å². The number of ether oxygens (including phenoxy) is 1. The third-order valence-electron chi connectivity index (χ3n) is 4.54. The molecule has 0 amide bonds. The highest BCUT2D eigenvalue weighted by atomic mass is 32.2. The summed E-state index contributed by atoms with van der Waals surface area (Å²) in [5.41, 5.74) is 5.21. The number of H-pyrrole nitrogens is 1. The molecule has 0 radical (unpaired) electrons. The van der Waals surface area contributed by atoms with E-state index < -0.39 is 0 Å². The molecule has 0 saturated carbocycles. The van der Waals surface area contributed by atoms with E-state index in [9.17, 15) is 0 Å². The normalized spacial score (nSPS) is 11.0. The van der Waals surface area contributed by atoms with Crippen molar-refractivity contribution in [3.05, 3.63) is 95.6 Å². The Morgan fingerprint density at radius 3 is 2.31 bits per heavy atom. The van der Waals surface area contributed by atoms with Gasteiger partial charge in [0, 0.05) is 23.1 Å². The molecule has 2 nitrogen and oxygen atoms in total. The molecule has 0 unspecified atom stereocenters. The van der Waals surface area contributed by atoms with Crippen molar-refractivity contribution in [3.8, 4) is 5.75 Å². The Kier molecular flexibility index (Phi) is 4.98. The Bertz CT molecular complexity index is 990. The summed E-state index contributed by atoms with van der Waals surface area (Å²) < 4.78 is 5.24. The first kappa shape index (κ1) is 16.8. The smallest absolute Gasteiger partial charge is 0.118 e. The van der Waals surface area contributed by atoms with Gasteiger partial charge in [-0.15, -0.1) is 11.8 Å². The summed E-state index contributed by atoms with van der Waals surface area (Å²) >= 11 is 1.86. The summed E-state index contributed by atoms with van der Waals surface area (Å²) in [6.45, 7) is 0. The van der Waals surface area contributed by atoms with Crippen molar-refractivity contribution in [1.82, 2.24) is 4.98 Å². The van der Waals surface area contributed by atoms with E-state index in [1.807, 2.05) is 23.9 Å². The molecule has 130 valence electrons. The van der Waals surface area contributed by atoms with Gasteiger partial charge in [0.05, 0.1) is 12.1 Å². The van der Waals surface area contributed by atoms with E-state index >= 15 is 0 Å². The fraction of sp³-hybridized carbons (Fsp3) is 0.130. The summed E-state index contributed by atoms with van der Waals surface area (Å²) in [5.74, 6) is 1.83. The number of hydrogen-bond donors (Lipinski definition) is 1. The summed E-state index contributed by atoms with van der Waals surface area (Å²) in [6, 6.07) is 27.5. The van der Waals surface area contributed by atoms with E-state index in [2.05, 4.69) is 71.7 Å². The predicted molar refractivity (Wildman–Crippen MR) is 110 cm³/mol. The van der Waals surface area contributed by atoms with Crippen LogP contribution in [0.25, 0.3) is 10.9 Å². The van der Waals surface area contributed by atoms with Crippen LogP contribution in [-0.4, -0.2) is 12.1 Å². The summed E-state index contributed by atoms with van der Waals surface area (Å²) in [7, 11) is 1.70. The van der Waals surface area contributed by atoms with E-state index in [1.54, 1.807) is 7.11 Å². The molecule has 0 saturated heterocycles. The first-order chi connectivity index (χ1) is 12.8. The number of methoxy groups -OCH3 is 1. The van der Waals surface area contributed by atoms with Crippen LogP contribution in [0.3, 0.4) is 0 Å². The fourth-order valence-electron chi connectivity index (χ4n) is 3.15. The molecule has 0 bridgehead atoms. The minimum absolute atomic E-state index is 0.897. The van der Waals surface area contributed by atoms with Gasteiger partial charge in [0.1, 0.15) is 5.75 Å². The third-order valence-corrected chi connectivity index (χ3v) is 5.66. The molecule has 0 spiro atoms. The van der Waals surface area contributed by atoms with Crippen LogP contribution >= 0.6 is 11.8 Å². The van der Waals surface area contributed by atoms with Crippen LogP contribution in [0, 0.1) is 0 Å². The van der Waals surface area contributed by atoms with Gasteiger partial charge in [-0.3, -0.25) is 0 Å². The van der Waals surface area contributed by atoms with Crippen molar-refractivity contribution < 1.29 is 4.74 Å². The number of nitrogens with one attached hydrogen (secondary N) is 1. The molecule has 1 N–H and O–H groups in total. The minimum Gasteiger partial charge on any atom is -0.497 e. The lowest BCUT2D eigenvalue weighted by atomic mass is 10.0. The van der Waals surface area contributed by atoms with E-state index in [0.717, 1.165) is 17.9 Å². The highest BCUT2D eigenvalue weighted by molar-refractivity contribution is 7.98. The third kappa shape index (κ3) is 3.63. The Hall–Kier alpha value is -2.65. The average molecular weight is 359 g/mol. The zero-order valence-electron chi connectivity index (χ0n) is 14.7. The van der Waals surface area contributed by atoms with Crippen LogP contribution in [0.2, 0.25) is 0 Å². The molecule has 0 aliphatic carbocycles. The molecular weight excluding hydrogens is 338 g/mol. The first-order valence-corrected chi connectivity index (χ1v) is 9.71. The molecule has 3 aromatic carbocycles. The molecule has 0 fully saturated rings. The van der Waals surface area contributed by atoms with E-state index in [-0.39, 0.29) is 0 Å². The molecular formula is C23H21NOS. The topological polar surface area (TPSA) is 25.0 Å². The van der Waals surface area contributed by atoms with Gasteiger partial charge in [-0.2, -0.15) is 0 Å².